The van der Waals surface area contributed by atoms with Gasteiger partial charge in [-0.2, -0.15) is 0 Å². The molecule has 2 N–H and O–H groups in total. The Hall–Kier alpha value is -3.82. The lowest BCUT2D eigenvalue weighted by atomic mass is 10.0. The first-order chi connectivity index (χ1) is 16.0. The molecule has 0 aliphatic heterocycles. The molecule has 3 aromatic carbocycles. The zero-order valence-electron chi connectivity index (χ0n) is 16.7. The van der Waals surface area contributed by atoms with Crippen molar-refractivity contribution in [3.05, 3.63) is 94.4 Å². The quantitative estimate of drug-likeness (QED) is 0.276. The van der Waals surface area contributed by atoms with Crippen LogP contribution in [-0.4, -0.2) is 15.0 Å². The van der Waals surface area contributed by atoms with Crippen molar-refractivity contribution in [3.8, 4) is 22.6 Å². The van der Waals surface area contributed by atoms with E-state index in [1.54, 1.807) is 67.0 Å². The summed E-state index contributed by atoms with van der Waals surface area (Å²) < 4.78 is 28.7. The van der Waals surface area contributed by atoms with Crippen LogP contribution < -0.4 is 15.2 Å². The average Bonchev–Trinajstić information content (AvgIpc) is 3.20. The number of H-pyrrole nitrogens is 1. The van der Waals surface area contributed by atoms with Crippen LogP contribution in [0.2, 0.25) is 5.02 Å². The molecule has 5 rings (SSSR count). The highest BCUT2D eigenvalue weighted by Gasteiger charge is 2.14. The molecule has 0 saturated heterocycles. The number of aromatic amines is 1. The van der Waals surface area contributed by atoms with E-state index in [0.29, 0.717) is 38.3 Å². The normalized spacial score (nSPS) is 11.0. The Morgan fingerprint density at radius 1 is 1.03 bits per heavy atom. The van der Waals surface area contributed by atoms with Crippen LogP contribution in [0.5, 0.6) is 11.5 Å². The third kappa shape index (κ3) is 4.69. The van der Waals surface area contributed by atoms with Crippen LogP contribution in [0.15, 0.2) is 87.2 Å². The highest BCUT2D eigenvalue weighted by molar-refractivity contribution is 8.00. The Morgan fingerprint density at radius 2 is 1.85 bits per heavy atom. The molecule has 2 heterocycles. The molecular weight excluding hydrogens is 467 g/mol. The summed E-state index contributed by atoms with van der Waals surface area (Å²) in [5.74, 6) is -0.203. The van der Waals surface area contributed by atoms with Gasteiger partial charge in [0, 0.05) is 27.9 Å². The molecule has 2 aromatic heterocycles. The third-order valence-electron chi connectivity index (χ3n) is 4.62. The first-order valence-corrected chi connectivity index (χ1v) is 10.8. The van der Waals surface area contributed by atoms with Crippen molar-refractivity contribution in [1.82, 2.24) is 15.0 Å². The van der Waals surface area contributed by atoms with E-state index in [1.165, 1.54) is 18.0 Å². The fraction of sp³-hybridized carbons (Fsp3) is 0. The van der Waals surface area contributed by atoms with Crippen molar-refractivity contribution in [2.24, 2.45) is 0 Å². The molecule has 0 aliphatic carbocycles. The maximum Gasteiger partial charge on any atom is 0.417 e. The molecule has 0 radical (unpaired) electrons. The SMILES string of the molecule is O=c1[nH]c2cc(-c3cc(Cl)ccc3Oc3ccc(SNc4ncccn4)cc3F)ccc2o1. The predicted molar refractivity (Wildman–Crippen MR) is 125 cm³/mol. The molecule has 0 spiro atoms. The Labute approximate surface area is 195 Å². The van der Waals surface area contributed by atoms with Gasteiger partial charge in [-0.1, -0.05) is 17.7 Å². The lowest BCUT2D eigenvalue weighted by molar-refractivity contribution is 0.442. The standard InChI is InChI=1S/C23H14ClFN4O3S/c24-14-3-6-19(16(11-14)13-2-5-21-18(10-13)28-23(30)32-21)31-20-7-4-15(12-17(20)25)33-29-22-26-8-1-9-27-22/h1-12H,(H,28,30)(H,26,27,29). The molecule has 164 valence electrons. The number of hydrogen-bond acceptors (Lipinski definition) is 7. The largest absolute Gasteiger partial charge is 0.454 e. The number of nitrogens with one attached hydrogen (secondary N) is 2. The van der Waals surface area contributed by atoms with Crippen LogP contribution in [0.1, 0.15) is 0 Å². The topological polar surface area (TPSA) is 93.0 Å². The molecule has 0 unspecified atom stereocenters. The maximum atomic E-state index is 14.8. The van der Waals surface area contributed by atoms with Gasteiger partial charge in [-0.3, -0.25) is 9.71 Å². The highest BCUT2D eigenvalue weighted by atomic mass is 35.5. The van der Waals surface area contributed by atoms with Crippen molar-refractivity contribution in [2.45, 2.75) is 4.90 Å². The monoisotopic (exact) mass is 480 g/mol. The molecule has 0 fully saturated rings. The van der Waals surface area contributed by atoms with Crippen LogP contribution in [-0.2, 0) is 0 Å². The van der Waals surface area contributed by atoms with Gasteiger partial charge in [0.15, 0.2) is 17.1 Å². The first kappa shape index (κ1) is 21.0. The van der Waals surface area contributed by atoms with E-state index in [9.17, 15) is 9.18 Å². The summed E-state index contributed by atoms with van der Waals surface area (Å²) in [6.07, 6.45) is 3.22. The van der Waals surface area contributed by atoms with Gasteiger partial charge in [0.05, 0.1) is 5.52 Å². The van der Waals surface area contributed by atoms with Gasteiger partial charge in [-0.25, -0.2) is 19.2 Å². The molecule has 0 aliphatic rings. The van der Waals surface area contributed by atoms with E-state index in [1.807, 2.05) is 0 Å². The number of benzene rings is 3. The van der Waals surface area contributed by atoms with E-state index in [2.05, 4.69) is 19.7 Å². The van der Waals surface area contributed by atoms with Gasteiger partial charge >= 0.3 is 5.76 Å². The van der Waals surface area contributed by atoms with E-state index in [0.717, 1.165) is 5.56 Å². The van der Waals surface area contributed by atoms with E-state index >= 15 is 0 Å². The molecule has 33 heavy (non-hydrogen) atoms. The van der Waals surface area contributed by atoms with Crippen LogP contribution in [0.4, 0.5) is 10.3 Å². The third-order valence-corrected chi connectivity index (χ3v) is 5.63. The van der Waals surface area contributed by atoms with Crippen molar-refractivity contribution >= 4 is 40.6 Å². The van der Waals surface area contributed by atoms with E-state index in [4.69, 9.17) is 20.8 Å². The molecule has 7 nitrogen and oxygen atoms in total. The smallest absolute Gasteiger partial charge is 0.417 e. The summed E-state index contributed by atoms with van der Waals surface area (Å²) in [7, 11) is 0. The van der Waals surface area contributed by atoms with Crippen molar-refractivity contribution in [3.63, 3.8) is 0 Å². The number of rotatable bonds is 6. The lowest BCUT2D eigenvalue weighted by Crippen LogP contribution is -1.95. The van der Waals surface area contributed by atoms with Crippen LogP contribution in [0.25, 0.3) is 22.2 Å². The molecule has 0 atom stereocenters. The number of anilines is 1. The van der Waals surface area contributed by atoms with Gasteiger partial charge in [0.25, 0.3) is 0 Å². The number of halogens is 2. The Morgan fingerprint density at radius 3 is 2.67 bits per heavy atom. The van der Waals surface area contributed by atoms with E-state index < -0.39 is 11.6 Å². The summed E-state index contributed by atoms with van der Waals surface area (Å²) in [5.41, 5.74) is 2.32. The predicted octanol–water partition coefficient (Wildman–Crippen LogP) is 6.28. The number of nitrogens with zero attached hydrogens (tertiary/aromatic N) is 2. The average molecular weight is 481 g/mol. The van der Waals surface area contributed by atoms with Gasteiger partial charge in [-0.15, -0.1) is 0 Å². The molecule has 0 bridgehead atoms. The van der Waals surface area contributed by atoms with Crippen molar-refractivity contribution in [2.75, 3.05) is 4.72 Å². The number of aromatic nitrogens is 3. The zero-order chi connectivity index (χ0) is 22.8. The van der Waals surface area contributed by atoms with Crippen molar-refractivity contribution < 1.29 is 13.5 Å². The maximum absolute atomic E-state index is 14.8. The Kier molecular flexibility index (Phi) is 5.72. The summed E-state index contributed by atoms with van der Waals surface area (Å²) in [6, 6.07) is 16.5. The number of ether oxygens (including phenoxy) is 1. The highest BCUT2D eigenvalue weighted by Crippen LogP contribution is 2.37. The molecule has 0 saturated carbocycles. The second-order valence-electron chi connectivity index (χ2n) is 6.84. The van der Waals surface area contributed by atoms with Gasteiger partial charge in [0.1, 0.15) is 5.75 Å². The van der Waals surface area contributed by atoms with Crippen LogP contribution in [0, 0.1) is 5.82 Å². The van der Waals surface area contributed by atoms with Crippen LogP contribution in [0.3, 0.4) is 0 Å². The van der Waals surface area contributed by atoms with Crippen molar-refractivity contribution in [1.29, 1.82) is 0 Å². The molecule has 10 heteroatoms. The van der Waals surface area contributed by atoms with Gasteiger partial charge < -0.3 is 9.15 Å². The second-order valence-corrected chi connectivity index (χ2v) is 8.15. The second kappa shape index (κ2) is 8.97. The minimum atomic E-state index is -0.543. The van der Waals surface area contributed by atoms with Crippen LogP contribution >= 0.6 is 23.5 Å². The van der Waals surface area contributed by atoms with E-state index in [-0.39, 0.29) is 5.75 Å². The Bertz CT molecular complexity index is 1510. The van der Waals surface area contributed by atoms with Gasteiger partial charge in [-0.05, 0) is 72.1 Å². The summed E-state index contributed by atoms with van der Waals surface area (Å²) in [6.45, 7) is 0. The molecule has 0 amide bonds. The first-order valence-electron chi connectivity index (χ1n) is 9.65. The minimum absolute atomic E-state index is 0.0525. The van der Waals surface area contributed by atoms with Gasteiger partial charge in [0.2, 0.25) is 5.95 Å². The summed E-state index contributed by atoms with van der Waals surface area (Å²) in [4.78, 5) is 22.8. The number of fused-ring (bicyclic) bond motifs is 1. The minimum Gasteiger partial charge on any atom is -0.454 e. The molecular formula is C23H14ClFN4O3S. The number of hydrogen-bond donors (Lipinski definition) is 2. The summed E-state index contributed by atoms with van der Waals surface area (Å²) in [5, 5.41) is 0.486. The number of oxazole rings is 1. The zero-order valence-corrected chi connectivity index (χ0v) is 18.3. The Balaban J connectivity index is 1.41. The fourth-order valence-electron chi connectivity index (χ4n) is 3.14. The lowest BCUT2D eigenvalue weighted by Gasteiger charge is -2.13. The summed E-state index contributed by atoms with van der Waals surface area (Å²) >= 11 is 7.39. The fourth-order valence-corrected chi connectivity index (χ4v) is 3.92. The molecule has 5 aromatic rings.